The van der Waals surface area contributed by atoms with Crippen molar-refractivity contribution in [2.75, 3.05) is 7.05 Å². The average molecular weight is 258 g/mol. The molecule has 1 aromatic heterocycles. The molecule has 0 spiro atoms. The highest BCUT2D eigenvalue weighted by Crippen LogP contribution is 2.20. The van der Waals surface area contributed by atoms with Gasteiger partial charge in [0.05, 0.1) is 0 Å². The second-order valence-electron chi connectivity index (χ2n) is 4.58. The minimum absolute atomic E-state index is 0.0545. The van der Waals surface area contributed by atoms with Crippen LogP contribution in [0, 0.1) is 5.82 Å². The summed E-state index contributed by atoms with van der Waals surface area (Å²) in [5.74, 6) is -0.174. The molecule has 1 aromatic carbocycles. The predicted octanol–water partition coefficient (Wildman–Crippen LogP) is 3.29. The lowest BCUT2D eigenvalue weighted by molar-refractivity contribution is 0.530. The van der Waals surface area contributed by atoms with E-state index in [1.807, 2.05) is 31.4 Å². The number of hydrogen-bond acceptors (Lipinski definition) is 2. The van der Waals surface area contributed by atoms with Gasteiger partial charge in [0.2, 0.25) is 0 Å². The van der Waals surface area contributed by atoms with Crippen LogP contribution in [0.25, 0.3) is 0 Å². The first-order chi connectivity index (χ1) is 9.24. The molecule has 19 heavy (non-hydrogen) atoms. The predicted molar refractivity (Wildman–Crippen MR) is 75.5 cm³/mol. The third kappa shape index (κ3) is 3.38. The lowest BCUT2D eigenvalue weighted by atomic mass is 10.0. The molecule has 0 amide bonds. The van der Waals surface area contributed by atoms with Crippen LogP contribution in [-0.4, -0.2) is 12.0 Å². The van der Waals surface area contributed by atoms with Crippen LogP contribution in [0.4, 0.5) is 4.39 Å². The van der Waals surface area contributed by atoms with Crippen molar-refractivity contribution < 1.29 is 4.39 Å². The van der Waals surface area contributed by atoms with E-state index in [-0.39, 0.29) is 11.9 Å². The molecule has 2 rings (SSSR count). The first-order valence-corrected chi connectivity index (χ1v) is 6.60. The molecule has 1 unspecified atom stereocenters. The Kier molecular flexibility index (Phi) is 4.63. The zero-order valence-corrected chi connectivity index (χ0v) is 11.4. The van der Waals surface area contributed by atoms with Crippen LogP contribution in [0.15, 0.2) is 42.6 Å². The van der Waals surface area contributed by atoms with Gasteiger partial charge in [-0.3, -0.25) is 4.98 Å². The number of likely N-dealkylation sites (N-methyl/N-ethyl adjacent to an activating group) is 1. The van der Waals surface area contributed by atoms with Gasteiger partial charge >= 0.3 is 0 Å². The Labute approximate surface area is 113 Å². The summed E-state index contributed by atoms with van der Waals surface area (Å²) in [6.07, 6.45) is 3.56. The zero-order chi connectivity index (χ0) is 13.7. The first-order valence-electron chi connectivity index (χ1n) is 6.60. The molecule has 0 saturated carbocycles. The van der Waals surface area contributed by atoms with Gasteiger partial charge < -0.3 is 5.32 Å². The summed E-state index contributed by atoms with van der Waals surface area (Å²) < 4.78 is 13.8. The molecule has 2 nitrogen and oxygen atoms in total. The second kappa shape index (κ2) is 6.43. The van der Waals surface area contributed by atoms with Gasteiger partial charge in [0.1, 0.15) is 5.82 Å². The van der Waals surface area contributed by atoms with E-state index in [1.54, 1.807) is 6.07 Å². The molecule has 1 atom stereocenters. The number of nitrogens with zero attached hydrogens (tertiary/aromatic N) is 1. The topological polar surface area (TPSA) is 24.9 Å². The Morgan fingerprint density at radius 1 is 1.21 bits per heavy atom. The lowest BCUT2D eigenvalue weighted by Crippen LogP contribution is -2.20. The van der Waals surface area contributed by atoms with Crippen molar-refractivity contribution >= 4 is 0 Å². The van der Waals surface area contributed by atoms with Crippen LogP contribution in [0.5, 0.6) is 0 Å². The van der Waals surface area contributed by atoms with Crippen LogP contribution in [0.1, 0.15) is 29.8 Å². The zero-order valence-electron chi connectivity index (χ0n) is 11.4. The summed E-state index contributed by atoms with van der Waals surface area (Å²) in [5.41, 5.74) is 2.88. The summed E-state index contributed by atoms with van der Waals surface area (Å²) in [7, 11) is 1.84. The van der Waals surface area contributed by atoms with Gasteiger partial charge in [0.25, 0.3) is 0 Å². The molecular weight excluding hydrogens is 239 g/mol. The van der Waals surface area contributed by atoms with E-state index in [2.05, 4.69) is 23.3 Å². The van der Waals surface area contributed by atoms with Crippen LogP contribution < -0.4 is 5.32 Å². The van der Waals surface area contributed by atoms with E-state index >= 15 is 0 Å². The molecular formula is C16H19FN2. The fourth-order valence-corrected chi connectivity index (χ4v) is 2.12. The van der Waals surface area contributed by atoms with Gasteiger partial charge in [-0.1, -0.05) is 31.2 Å². The van der Waals surface area contributed by atoms with Gasteiger partial charge in [-0.05, 0) is 31.2 Å². The number of nitrogens with one attached hydrogen (secondary N) is 1. The summed E-state index contributed by atoms with van der Waals surface area (Å²) in [6, 6.07) is 10.9. The monoisotopic (exact) mass is 258 g/mol. The number of aryl methyl sites for hydroxylation is 1. The molecule has 0 fully saturated rings. The molecule has 0 radical (unpaired) electrons. The van der Waals surface area contributed by atoms with E-state index in [1.165, 1.54) is 11.6 Å². The van der Waals surface area contributed by atoms with Gasteiger partial charge in [-0.25, -0.2) is 4.39 Å². The largest absolute Gasteiger partial charge is 0.313 e. The highest BCUT2D eigenvalue weighted by molar-refractivity contribution is 5.23. The SMILES string of the molecule is CCc1ccc(CC(NC)c2ccccc2F)nc1. The van der Waals surface area contributed by atoms with Crippen molar-refractivity contribution in [2.24, 2.45) is 0 Å². The summed E-state index contributed by atoms with van der Waals surface area (Å²) in [4.78, 5) is 4.43. The van der Waals surface area contributed by atoms with Crippen molar-refractivity contribution in [2.45, 2.75) is 25.8 Å². The summed E-state index contributed by atoms with van der Waals surface area (Å²) in [6.45, 7) is 2.10. The van der Waals surface area contributed by atoms with Gasteiger partial charge in [-0.15, -0.1) is 0 Å². The van der Waals surface area contributed by atoms with Crippen LogP contribution in [-0.2, 0) is 12.8 Å². The van der Waals surface area contributed by atoms with Crippen molar-refractivity contribution in [1.29, 1.82) is 0 Å². The maximum absolute atomic E-state index is 13.8. The smallest absolute Gasteiger partial charge is 0.127 e. The van der Waals surface area contributed by atoms with Crippen LogP contribution in [0.3, 0.4) is 0 Å². The average Bonchev–Trinajstić information content (AvgIpc) is 2.46. The molecule has 0 bridgehead atoms. The Morgan fingerprint density at radius 3 is 2.58 bits per heavy atom. The van der Waals surface area contributed by atoms with E-state index in [0.717, 1.165) is 12.1 Å². The highest BCUT2D eigenvalue weighted by Gasteiger charge is 2.14. The van der Waals surface area contributed by atoms with Gasteiger partial charge in [0, 0.05) is 29.9 Å². The lowest BCUT2D eigenvalue weighted by Gasteiger charge is -2.17. The number of rotatable bonds is 5. The van der Waals surface area contributed by atoms with Crippen molar-refractivity contribution in [3.8, 4) is 0 Å². The van der Waals surface area contributed by atoms with Gasteiger partial charge in [0.15, 0.2) is 0 Å². The first kappa shape index (κ1) is 13.7. The molecule has 100 valence electrons. The quantitative estimate of drug-likeness (QED) is 0.890. The van der Waals surface area contributed by atoms with E-state index < -0.39 is 0 Å². The number of aromatic nitrogens is 1. The summed E-state index contributed by atoms with van der Waals surface area (Å²) in [5, 5.41) is 3.16. The fraction of sp³-hybridized carbons (Fsp3) is 0.312. The number of pyridine rings is 1. The Morgan fingerprint density at radius 2 is 2.00 bits per heavy atom. The molecule has 1 heterocycles. The Bertz CT molecular complexity index is 523. The third-order valence-electron chi connectivity index (χ3n) is 3.34. The molecule has 0 aliphatic heterocycles. The van der Waals surface area contributed by atoms with Crippen molar-refractivity contribution in [1.82, 2.24) is 10.3 Å². The molecule has 3 heteroatoms. The minimum atomic E-state index is -0.174. The fourth-order valence-electron chi connectivity index (χ4n) is 2.12. The molecule has 0 saturated heterocycles. The Balaban J connectivity index is 2.17. The maximum atomic E-state index is 13.8. The highest BCUT2D eigenvalue weighted by atomic mass is 19.1. The standard InChI is InChI=1S/C16H19FN2/c1-3-12-8-9-13(19-11-12)10-16(18-2)14-6-4-5-7-15(14)17/h4-9,11,16,18H,3,10H2,1-2H3. The Hall–Kier alpha value is -1.74. The van der Waals surface area contributed by atoms with E-state index in [9.17, 15) is 4.39 Å². The van der Waals surface area contributed by atoms with Gasteiger partial charge in [-0.2, -0.15) is 0 Å². The normalized spacial score (nSPS) is 12.4. The van der Waals surface area contributed by atoms with Crippen molar-refractivity contribution in [3.63, 3.8) is 0 Å². The molecule has 1 N–H and O–H groups in total. The molecule has 0 aliphatic rings. The maximum Gasteiger partial charge on any atom is 0.127 e. The van der Waals surface area contributed by atoms with E-state index in [0.29, 0.717) is 12.0 Å². The van der Waals surface area contributed by atoms with Crippen LogP contribution >= 0.6 is 0 Å². The molecule has 0 aliphatic carbocycles. The third-order valence-corrected chi connectivity index (χ3v) is 3.34. The summed E-state index contributed by atoms with van der Waals surface area (Å²) >= 11 is 0. The number of halogens is 1. The molecule has 2 aromatic rings. The van der Waals surface area contributed by atoms with Crippen LogP contribution in [0.2, 0.25) is 0 Å². The van der Waals surface area contributed by atoms with E-state index in [4.69, 9.17) is 0 Å². The minimum Gasteiger partial charge on any atom is -0.313 e. The second-order valence-corrected chi connectivity index (χ2v) is 4.58. The number of benzene rings is 1. The number of hydrogen-bond donors (Lipinski definition) is 1. The van der Waals surface area contributed by atoms with Crippen molar-refractivity contribution in [3.05, 3.63) is 65.2 Å².